The Labute approximate surface area is 112 Å². The lowest BCUT2D eigenvalue weighted by atomic mass is 10.0. The van der Waals surface area contributed by atoms with E-state index in [0.717, 1.165) is 17.6 Å². The third kappa shape index (κ3) is 2.23. The fraction of sp³-hybridized carbons (Fsp3) is 0.467. The third-order valence-electron chi connectivity index (χ3n) is 4.11. The van der Waals surface area contributed by atoms with Gasteiger partial charge in [-0.2, -0.15) is 0 Å². The van der Waals surface area contributed by atoms with Crippen LogP contribution in [0.2, 0.25) is 0 Å². The van der Waals surface area contributed by atoms with Gasteiger partial charge in [-0.1, -0.05) is 13.3 Å². The summed E-state index contributed by atoms with van der Waals surface area (Å²) < 4.78 is 2.17. The smallest absolute Gasteiger partial charge is 0.335 e. The highest BCUT2D eigenvalue weighted by atomic mass is 16.4. The molecule has 100 valence electrons. The van der Waals surface area contributed by atoms with Crippen molar-refractivity contribution in [1.82, 2.24) is 9.55 Å². The number of imidazole rings is 1. The Morgan fingerprint density at radius 2 is 2.26 bits per heavy atom. The molecule has 0 amide bonds. The van der Waals surface area contributed by atoms with Crippen LogP contribution in [0.5, 0.6) is 0 Å². The lowest BCUT2D eigenvalue weighted by Gasteiger charge is -2.15. The molecule has 1 heterocycles. The number of carboxylic acids is 1. The Hall–Kier alpha value is -1.84. The van der Waals surface area contributed by atoms with Crippen LogP contribution in [0.4, 0.5) is 0 Å². The van der Waals surface area contributed by atoms with E-state index in [-0.39, 0.29) is 0 Å². The Morgan fingerprint density at radius 3 is 2.89 bits per heavy atom. The summed E-state index contributed by atoms with van der Waals surface area (Å²) in [6.45, 7) is 3.23. The summed E-state index contributed by atoms with van der Waals surface area (Å²) in [5.74, 6) is -0.902. The Bertz CT molecular complexity index is 626. The number of hydrogen-bond donors (Lipinski definition) is 1. The van der Waals surface area contributed by atoms with Crippen molar-refractivity contribution in [3.8, 4) is 0 Å². The van der Waals surface area contributed by atoms with Crippen LogP contribution >= 0.6 is 0 Å². The molecule has 0 bridgehead atoms. The molecule has 1 aliphatic carbocycles. The minimum Gasteiger partial charge on any atom is -0.478 e. The second kappa shape index (κ2) is 4.37. The van der Waals surface area contributed by atoms with Gasteiger partial charge >= 0.3 is 5.97 Å². The van der Waals surface area contributed by atoms with Crippen LogP contribution in [0.1, 0.15) is 43.0 Å². The van der Waals surface area contributed by atoms with Gasteiger partial charge < -0.3 is 9.67 Å². The van der Waals surface area contributed by atoms with Gasteiger partial charge in [0.25, 0.3) is 0 Å². The van der Waals surface area contributed by atoms with Crippen molar-refractivity contribution in [2.75, 3.05) is 0 Å². The van der Waals surface area contributed by atoms with Crippen LogP contribution in [0.3, 0.4) is 0 Å². The van der Waals surface area contributed by atoms with Crippen molar-refractivity contribution in [3.05, 3.63) is 30.1 Å². The fourth-order valence-corrected chi connectivity index (χ4v) is 2.88. The van der Waals surface area contributed by atoms with E-state index in [1.807, 2.05) is 12.4 Å². The summed E-state index contributed by atoms with van der Waals surface area (Å²) in [5.41, 5.74) is 2.57. The molecule has 1 aromatic heterocycles. The Kier molecular flexibility index (Phi) is 2.81. The van der Waals surface area contributed by atoms with E-state index in [0.29, 0.717) is 11.0 Å². The number of hydrogen-bond acceptors (Lipinski definition) is 2. The Balaban J connectivity index is 1.91. The van der Waals surface area contributed by atoms with E-state index in [1.54, 1.807) is 12.1 Å². The summed E-state index contributed by atoms with van der Waals surface area (Å²) in [4.78, 5) is 15.3. The standard InChI is InChI=1S/C15H18N2O2/c1-2-5-15(6-7-15)9-17-10-16-12-8-11(14(18)19)3-4-13(12)17/h3-4,8,10H,2,5-7,9H2,1H3,(H,18,19). The lowest BCUT2D eigenvalue weighted by molar-refractivity contribution is 0.0697. The molecule has 4 nitrogen and oxygen atoms in total. The lowest BCUT2D eigenvalue weighted by Crippen LogP contribution is -2.10. The maximum Gasteiger partial charge on any atom is 0.335 e. The average molecular weight is 258 g/mol. The number of carbonyl (C=O) groups is 1. The molecular weight excluding hydrogens is 240 g/mol. The van der Waals surface area contributed by atoms with Gasteiger partial charge in [0.05, 0.1) is 22.9 Å². The van der Waals surface area contributed by atoms with Crippen LogP contribution < -0.4 is 0 Å². The monoisotopic (exact) mass is 258 g/mol. The van der Waals surface area contributed by atoms with Gasteiger partial charge in [0.1, 0.15) is 0 Å². The van der Waals surface area contributed by atoms with Crippen molar-refractivity contribution in [2.24, 2.45) is 5.41 Å². The molecule has 0 spiro atoms. The van der Waals surface area contributed by atoms with Crippen molar-refractivity contribution in [3.63, 3.8) is 0 Å². The summed E-state index contributed by atoms with van der Waals surface area (Å²) in [5, 5.41) is 8.98. The molecule has 1 aromatic carbocycles. The fourth-order valence-electron chi connectivity index (χ4n) is 2.88. The number of carboxylic acid groups (broad SMARTS) is 1. The van der Waals surface area contributed by atoms with Crippen molar-refractivity contribution in [1.29, 1.82) is 0 Å². The van der Waals surface area contributed by atoms with Crippen molar-refractivity contribution in [2.45, 2.75) is 39.2 Å². The summed E-state index contributed by atoms with van der Waals surface area (Å²) >= 11 is 0. The molecule has 2 aromatic rings. The highest BCUT2D eigenvalue weighted by Gasteiger charge is 2.41. The maximum absolute atomic E-state index is 10.9. The minimum atomic E-state index is -0.902. The predicted octanol–water partition coefficient (Wildman–Crippen LogP) is 3.31. The third-order valence-corrected chi connectivity index (χ3v) is 4.11. The first-order valence-corrected chi connectivity index (χ1v) is 6.82. The summed E-state index contributed by atoms with van der Waals surface area (Å²) in [6, 6.07) is 5.17. The normalized spacial score (nSPS) is 16.7. The zero-order valence-corrected chi connectivity index (χ0v) is 11.1. The molecule has 1 saturated carbocycles. The van der Waals surface area contributed by atoms with Crippen LogP contribution in [0, 0.1) is 5.41 Å². The highest BCUT2D eigenvalue weighted by molar-refractivity contribution is 5.92. The second-order valence-electron chi connectivity index (χ2n) is 5.63. The van der Waals surface area contributed by atoms with Crippen molar-refractivity contribution < 1.29 is 9.90 Å². The molecule has 0 atom stereocenters. The van der Waals surface area contributed by atoms with E-state index < -0.39 is 5.97 Å². The highest BCUT2D eigenvalue weighted by Crippen LogP contribution is 2.51. The second-order valence-corrected chi connectivity index (χ2v) is 5.63. The van der Waals surface area contributed by atoms with Gasteiger partial charge in [-0.25, -0.2) is 9.78 Å². The summed E-state index contributed by atoms with van der Waals surface area (Å²) in [6.07, 6.45) is 6.92. The minimum absolute atomic E-state index is 0.299. The first-order valence-electron chi connectivity index (χ1n) is 6.82. The summed E-state index contributed by atoms with van der Waals surface area (Å²) in [7, 11) is 0. The van der Waals surface area contributed by atoms with Crippen LogP contribution in [-0.2, 0) is 6.54 Å². The van der Waals surface area contributed by atoms with Crippen molar-refractivity contribution >= 4 is 17.0 Å². The van der Waals surface area contributed by atoms with Gasteiger partial charge in [0, 0.05) is 6.54 Å². The molecule has 4 heteroatoms. The van der Waals surface area contributed by atoms with Gasteiger partial charge in [-0.3, -0.25) is 0 Å². The zero-order chi connectivity index (χ0) is 13.5. The van der Waals surface area contributed by atoms with E-state index in [2.05, 4.69) is 16.5 Å². The van der Waals surface area contributed by atoms with Gasteiger partial charge in [-0.05, 0) is 42.9 Å². The number of rotatable bonds is 5. The number of fused-ring (bicyclic) bond motifs is 1. The van der Waals surface area contributed by atoms with E-state index >= 15 is 0 Å². The SMILES string of the molecule is CCCC1(Cn2cnc3cc(C(=O)O)ccc32)CC1. The Morgan fingerprint density at radius 1 is 1.47 bits per heavy atom. The van der Waals surface area contributed by atoms with Crippen LogP contribution in [0.25, 0.3) is 11.0 Å². The maximum atomic E-state index is 10.9. The van der Waals surface area contributed by atoms with Gasteiger partial charge in [-0.15, -0.1) is 0 Å². The molecule has 0 unspecified atom stereocenters. The predicted molar refractivity (Wildman–Crippen MR) is 73.3 cm³/mol. The molecule has 1 aliphatic rings. The van der Waals surface area contributed by atoms with E-state index in [1.165, 1.54) is 25.7 Å². The first-order chi connectivity index (χ1) is 9.13. The first kappa shape index (κ1) is 12.2. The van der Waals surface area contributed by atoms with Crippen LogP contribution in [0.15, 0.2) is 24.5 Å². The number of benzene rings is 1. The topological polar surface area (TPSA) is 55.1 Å². The van der Waals surface area contributed by atoms with E-state index in [9.17, 15) is 4.79 Å². The molecular formula is C15H18N2O2. The number of nitrogens with zero attached hydrogens (tertiary/aromatic N) is 2. The molecule has 19 heavy (non-hydrogen) atoms. The molecule has 3 rings (SSSR count). The average Bonchev–Trinajstić information content (AvgIpc) is 3.02. The molecule has 0 aliphatic heterocycles. The van der Waals surface area contributed by atoms with E-state index in [4.69, 9.17) is 5.11 Å². The molecule has 0 radical (unpaired) electrons. The largest absolute Gasteiger partial charge is 0.478 e. The number of aromatic carboxylic acids is 1. The quantitative estimate of drug-likeness (QED) is 0.895. The zero-order valence-electron chi connectivity index (χ0n) is 11.1. The number of aromatic nitrogens is 2. The van der Waals surface area contributed by atoms with Gasteiger partial charge in [0.15, 0.2) is 0 Å². The molecule has 1 fully saturated rings. The van der Waals surface area contributed by atoms with Crippen LogP contribution in [-0.4, -0.2) is 20.6 Å². The molecule has 1 N–H and O–H groups in total. The molecule has 0 saturated heterocycles. The van der Waals surface area contributed by atoms with Gasteiger partial charge in [0.2, 0.25) is 0 Å².